The second-order valence-corrected chi connectivity index (χ2v) is 4.40. The molecule has 0 spiro atoms. The molecule has 0 aliphatic carbocycles. The van der Waals surface area contributed by atoms with Crippen LogP contribution in [0, 0.1) is 0 Å². The summed E-state index contributed by atoms with van der Waals surface area (Å²) in [6.07, 6.45) is -0.508. The molecule has 1 aliphatic heterocycles. The molecule has 1 aliphatic rings. The van der Waals surface area contributed by atoms with E-state index in [0.29, 0.717) is 19.8 Å². The Kier molecular flexibility index (Phi) is 5.32. The van der Waals surface area contributed by atoms with Crippen LogP contribution in [0.4, 0.5) is 5.69 Å². The number of amides is 1. The van der Waals surface area contributed by atoms with Crippen LogP contribution in [0.25, 0.3) is 0 Å². The quantitative estimate of drug-likeness (QED) is 0.837. The molecule has 1 aromatic rings. The fourth-order valence-corrected chi connectivity index (χ4v) is 1.89. The first-order valence-corrected chi connectivity index (χ1v) is 6.59. The van der Waals surface area contributed by atoms with Gasteiger partial charge in [-0.1, -0.05) is 19.1 Å². The number of carbonyl (C=O) groups is 1. The predicted octanol–water partition coefficient (Wildman–Crippen LogP) is 1.15. The molecule has 0 saturated carbocycles. The van der Waals surface area contributed by atoms with Gasteiger partial charge in [-0.15, -0.1) is 0 Å². The van der Waals surface area contributed by atoms with Gasteiger partial charge in [-0.25, -0.2) is 0 Å². The Morgan fingerprint density at radius 1 is 1.42 bits per heavy atom. The highest BCUT2D eigenvalue weighted by molar-refractivity contribution is 5.94. The van der Waals surface area contributed by atoms with Gasteiger partial charge in [0, 0.05) is 12.2 Å². The Morgan fingerprint density at radius 3 is 3.05 bits per heavy atom. The normalized spacial score (nSPS) is 19.1. The second-order valence-electron chi connectivity index (χ2n) is 4.40. The van der Waals surface area contributed by atoms with Crippen LogP contribution in [0.2, 0.25) is 0 Å². The maximum Gasteiger partial charge on any atom is 0.255 e. The molecule has 104 valence electrons. The Hall–Kier alpha value is -1.43. The highest BCUT2D eigenvalue weighted by Gasteiger charge is 2.22. The molecule has 5 nitrogen and oxygen atoms in total. The van der Waals surface area contributed by atoms with Crippen molar-refractivity contribution in [2.75, 3.05) is 31.7 Å². The van der Waals surface area contributed by atoms with E-state index in [1.807, 2.05) is 24.3 Å². The van der Waals surface area contributed by atoms with Gasteiger partial charge >= 0.3 is 0 Å². The molecule has 0 radical (unpaired) electrons. The minimum atomic E-state index is -0.508. The minimum absolute atomic E-state index is 0.152. The maximum absolute atomic E-state index is 12.0. The molecule has 1 unspecified atom stereocenters. The molecular formula is C14H20N2O3. The van der Waals surface area contributed by atoms with Gasteiger partial charge in [0.2, 0.25) is 0 Å². The summed E-state index contributed by atoms with van der Waals surface area (Å²) in [5, 5.41) is 6.11. The SMILES string of the molecule is CCNCc1cccc(NC(=O)C2COCCO2)c1. The first-order valence-electron chi connectivity index (χ1n) is 6.59. The number of hydrogen-bond donors (Lipinski definition) is 2. The first kappa shape index (κ1) is 14.0. The van der Waals surface area contributed by atoms with Crippen LogP contribution in [-0.4, -0.2) is 38.4 Å². The monoisotopic (exact) mass is 264 g/mol. The minimum Gasteiger partial charge on any atom is -0.376 e. The number of carbonyl (C=O) groups excluding carboxylic acids is 1. The van der Waals surface area contributed by atoms with E-state index in [1.165, 1.54) is 0 Å². The van der Waals surface area contributed by atoms with Gasteiger partial charge in [-0.2, -0.15) is 0 Å². The third-order valence-corrected chi connectivity index (χ3v) is 2.88. The average Bonchev–Trinajstić information content (AvgIpc) is 2.46. The predicted molar refractivity (Wildman–Crippen MR) is 73.0 cm³/mol. The molecule has 0 bridgehead atoms. The van der Waals surface area contributed by atoms with Gasteiger partial charge in [0.05, 0.1) is 19.8 Å². The summed E-state index contributed by atoms with van der Waals surface area (Å²) in [6, 6.07) is 7.79. The summed E-state index contributed by atoms with van der Waals surface area (Å²) in [5.41, 5.74) is 1.93. The number of ether oxygens (including phenoxy) is 2. The van der Waals surface area contributed by atoms with Crippen molar-refractivity contribution in [2.24, 2.45) is 0 Å². The zero-order chi connectivity index (χ0) is 13.5. The molecule has 1 heterocycles. The number of rotatable bonds is 5. The van der Waals surface area contributed by atoms with Crippen LogP contribution in [0.5, 0.6) is 0 Å². The maximum atomic E-state index is 12.0. The van der Waals surface area contributed by atoms with Crippen molar-refractivity contribution in [2.45, 2.75) is 19.6 Å². The Labute approximate surface area is 113 Å². The van der Waals surface area contributed by atoms with E-state index in [-0.39, 0.29) is 5.91 Å². The lowest BCUT2D eigenvalue weighted by Crippen LogP contribution is -2.39. The van der Waals surface area contributed by atoms with Crippen molar-refractivity contribution in [3.8, 4) is 0 Å². The second kappa shape index (κ2) is 7.23. The molecule has 19 heavy (non-hydrogen) atoms. The Balaban J connectivity index is 1.92. The van der Waals surface area contributed by atoms with Crippen LogP contribution in [0.15, 0.2) is 24.3 Å². The number of nitrogens with one attached hydrogen (secondary N) is 2. The molecule has 2 rings (SSSR count). The van der Waals surface area contributed by atoms with Crippen molar-refractivity contribution in [1.29, 1.82) is 0 Å². The molecule has 1 atom stereocenters. The number of benzene rings is 1. The summed E-state index contributed by atoms with van der Waals surface area (Å²) >= 11 is 0. The van der Waals surface area contributed by atoms with Crippen molar-refractivity contribution in [3.05, 3.63) is 29.8 Å². The fourth-order valence-electron chi connectivity index (χ4n) is 1.89. The zero-order valence-electron chi connectivity index (χ0n) is 11.1. The average molecular weight is 264 g/mol. The number of anilines is 1. The van der Waals surface area contributed by atoms with Gasteiger partial charge in [0.25, 0.3) is 5.91 Å². The topological polar surface area (TPSA) is 59.6 Å². The van der Waals surface area contributed by atoms with E-state index in [2.05, 4.69) is 17.6 Å². The van der Waals surface area contributed by atoms with Crippen molar-refractivity contribution in [3.63, 3.8) is 0 Å². The van der Waals surface area contributed by atoms with Gasteiger partial charge in [0.1, 0.15) is 0 Å². The lowest BCUT2D eigenvalue weighted by Gasteiger charge is -2.22. The third kappa shape index (κ3) is 4.31. The summed E-state index contributed by atoms with van der Waals surface area (Å²) < 4.78 is 10.6. The molecule has 2 N–H and O–H groups in total. The zero-order valence-corrected chi connectivity index (χ0v) is 11.1. The van der Waals surface area contributed by atoms with Crippen LogP contribution in [0.3, 0.4) is 0 Å². The van der Waals surface area contributed by atoms with Crippen LogP contribution >= 0.6 is 0 Å². The highest BCUT2D eigenvalue weighted by Crippen LogP contribution is 2.12. The van der Waals surface area contributed by atoms with E-state index < -0.39 is 6.10 Å². The van der Waals surface area contributed by atoms with Gasteiger partial charge in [-0.05, 0) is 24.2 Å². The molecule has 5 heteroatoms. The lowest BCUT2D eigenvalue weighted by molar-refractivity contribution is -0.142. The largest absolute Gasteiger partial charge is 0.376 e. The van der Waals surface area contributed by atoms with Gasteiger partial charge in [-0.3, -0.25) is 4.79 Å². The van der Waals surface area contributed by atoms with Crippen molar-refractivity contribution >= 4 is 11.6 Å². The Bertz CT molecular complexity index is 417. The molecule has 1 fully saturated rings. The molecule has 1 amide bonds. The fraction of sp³-hybridized carbons (Fsp3) is 0.500. The standard InChI is InChI=1S/C14H20N2O3/c1-2-15-9-11-4-3-5-12(8-11)16-14(17)13-10-18-6-7-19-13/h3-5,8,13,15H,2,6-7,9-10H2,1H3,(H,16,17). The summed E-state index contributed by atoms with van der Waals surface area (Å²) in [6.45, 7) is 5.13. The molecule has 1 saturated heterocycles. The smallest absolute Gasteiger partial charge is 0.255 e. The number of hydrogen-bond acceptors (Lipinski definition) is 4. The first-order chi connectivity index (χ1) is 9.29. The lowest BCUT2D eigenvalue weighted by atomic mass is 10.2. The molecule has 0 aromatic heterocycles. The van der Waals surface area contributed by atoms with Crippen LogP contribution in [-0.2, 0) is 20.8 Å². The van der Waals surface area contributed by atoms with Crippen molar-refractivity contribution < 1.29 is 14.3 Å². The van der Waals surface area contributed by atoms with E-state index in [9.17, 15) is 4.79 Å². The van der Waals surface area contributed by atoms with Crippen molar-refractivity contribution in [1.82, 2.24) is 5.32 Å². The molecular weight excluding hydrogens is 244 g/mol. The van der Waals surface area contributed by atoms with Gasteiger partial charge < -0.3 is 20.1 Å². The third-order valence-electron chi connectivity index (χ3n) is 2.88. The van der Waals surface area contributed by atoms with E-state index in [4.69, 9.17) is 9.47 Å². The summed E-state index contributed by atoms with van der Waals surface area (Å²) in [7, 11) is 0. The summed E-state index contributed by atoms with van der Waals surface area (Å²) in [5.74, 6) is -0.152. The van der Waals surface area contributed by atoms with Crippen LogP contribution < -0.4 is 10.6 Å². The van der Waals surface area contributed by atoms with Crippen LogP contribution in [0.1, 0.15) is 12.5 Å². The highest BCUT2D eigenvalue weighted by atomic mass is 16.6. The summed E-state index contributed by atoms with van der Waals surface area (Å²) in [4.78, 5) is 12.0. The Morgan fingerprint density at radius 2 is 2.32 bits per heavy atom. The molecule has 1 aromatic carbocycles. The van der Waals surface area contributed by atoms with E-state index in [1.54, 1.807) is 0 Å². The van der Waals surface area contributed by atoms with Gasteiger partial charge in [0.15, 0.2) is 6.10 Å². The van der Waals surface area contributed by atoms with E-state index >= 15 is 0 Å². The van der Waals surface area contributed by atoms with E-state index in [0.717, 1.165) is 24.3 Å².